The third kappa shape index (κ3) is 3.32. The number of carbonyl (C=O) groups excluding carboxylic acids is 1. The van der Waals surface area contributed by atoms with Gasteiger partial charge < -0.3 is 14.8 Å². The molecule has 9 heteroatoms. The van der Waals surface area contributed by atoms with E-state index in [4.69, 9.17) is 9.47 Å². The Balaban J connectivity index is 1.63. The highest BCUT2D eigenvalue weighted by Crippen LogP contribution is 2.37. The van der Waals surface area contributed by atoms with Crippen LogP contribution in [0.1, 0.15) is 13.3 Å². The van der Waals surface area contributed by atoms with Gasteiger partial charge in [0.15, 0.2) is 11.5 Å². The monoisotopic (exact) mass is 392 g/mol. The van der Waals surface area contributed by atoms with Crippen LogP contribution >= 0.6 is 11.8 Å². The van der Waals surface area contributed by atoms with Crippen LogP contribution in [0.25, 0.3) is 0 Å². The van der Waals surface area contributed by atoms with E-state index in [0.29, 0.717) is 29.3 Å². The first-order valence-corrected chi connectivity index (χ1v) is 10.3. The maximum absolute atomic E-state index is 12.7. The number of hydrogen-bond donors (Lipinski definition) is 2. The number of carbonyl (C=O) groups is 1. The molecule has 0 bridgehead atoms. The van der Waals surface area contributed by atoms with E-state index in [1.54, 1.807) is 36.0 Å². The van der Waals surface area contributed by atoms with Crippen molar-refractivity contribution in [3.63, 3.8) is 0 Å². The van der Waals surface area contributed by atoms with Gasteiger partial charge in [-0.15, -0.1) is 11.8 Å². The van der Waals surface area contributed by atoms with E-state index in [-0.39, 0.29) is 22.8 Å². The first kappa shape index (κ1) is 17.0. The van der Waals surface area contributed by atoms with Gasteiger partial charge in [0.2, 0.25) is 12.7 Å². The van der Waals surface area contributed by atoms with Crippen LogP contribution in [-0.2, 0) is 14.8 Å². The highest BCUT2D eigenvalue weighted by molar-refractivity contribution is 8.00. The predicted octanol–water partition coefficient (Wildman–Crippen LogP) is 3.04. The molecule has 136 valence electrons. The number of hydrogen-bond acceptors (Lipinski definition) is 6. The highest BCUT2D eigenvalue weighted by Gasteiger charge is 2.23. The summed E-state index contributed by atoms with van der Waals surface area (Å²) in [7, 11) is -3.81. The number of benzene rings is 2. The van der Waals surface area contributed by atoms with E-state index in [9.17, 15) is 13.2 Å². The van der Waals surface area contributed by atoms with Crippen LogP contribution in [-0.4, -0.2) is 26.4 Å². The molecule has 4 rings (SSSR count). The molecule has 0 saturated carbocycles. The zero-order chi connectivity index (χ0) is 18.3. The average molecular weight is 392 g/mol. The molecular formula is C17H16N2O5S2. The fourth-order valence-electron chi connectivity index (χ4n) is 2.77. The Kier molecular flexibility index (Phi) is 4.20. The van der Waals surface area contributed by atoms with Crippen molar-refractivity contribution in [3.8, 4) is 11.5 Å². The summed E-state index contributed by atoms with van der Waals surface area (Å²) < 4.78 is 38.4. The first-order chi connectivity index (χ1) is 12.4. The summed E-state index contributed by atoms with van der Waals surface area (Å²) in [5, 5.41) is 2.90. The van der Waals surface area contributed by atoms with Crippen LogP contribution in [0.2, 0.25) is 0 Å². The maximum Gasteiger partial charge on any atom is 0.261 e. The van der Waals surface area contributed by atoms with Crippen LogP contribution in [0.4, 0.5) is 11.4 Å². The largest absolute Gasteiger partial charge is 0.454 e. The molecule has 2 aromatic rings. The van der Waals surface area contributed by atoms with Crippen molar-refractivity contribution in [1.29, 1.82) is 0 Å². The van der Waals surface area contributed by atoms with Gasteiger partial charge in [-0.2, -0.15) is 0 Å². The standard InChI is InChI=1S/C17H16N2O5S2/c1-10-6-17(20)18-13-8-12(3-5-16(13)25-10)26(21,22)19-11-2-4-14-15(7-11)24-9-23-14/h2-5,7-8,10,19H,6,9H2,1H3,(H,18,20). The van der Waals surface area contributed by atoms with Gasteiger partial charge in [0.1, 0.15) is 0 Å². The second-order valence-electron chi connectivity index (χ2n) is 6.01. The van der Waals surface area contributed by atoms with Crippen molar-refractivity contribution in [1.82, 2.24) is 0 Å². The lowest BCUT2D eigenvalue weighted by Gasteiger charge is -2.12. The van der Waals surface area contributed by atoms with Crippen LogP contribution in [0.15, 0.2) is 46.2 Å². The summed E-state index contributed by atoms with van der Waals surface area (Å²) in [4.78, 5) is 12.8. The number of thioether (sulfide) groups is 1. The van der Waals surface area contributed by atoms with Crippen LogP contribution in [0.5, 0.6) is 11.5 Å². The van der Waals surface area contributed by atoms with Gasteiger partial charge in [0.25, 0.3) is 10.0 Å². The summed E-state index contributed by atoms with van der Waals surface area (Å²) in [6, 6.07) is 9.56. The fraction of sp³-hybridized carbons (Fsp3) is 0.235. The van der Waals surface area contributed by atoms with Gasteiger partial charge in [0.05, 0.1) is 16.3 Å². The minimum Gasteiger partial charge on any atom is -0.454 e. The Morgan fingerprint density at radius 3 is 2.81 bits per heavy atom. The minimum atomic E-state index is -3.81. The molecule has 26 heavy (non-hydrogen) atoms. The van der Waals surface area contributed by atoms with Gasteiger partial charge in [-0.25, -0.2) is 8.42 Å². The molecule has 1 amide bonds. The molecule has 0 radical (unpaired) electrons. The molecule has 2 aliphatic rings. The summed E-state index contributed by atoms with van der Waals surface area (Å²) in [5.41, 5.74) is 0.883. The van der Waals surface area contributed by atoms with E-state index < -0.39 is 10.0 Å². The summed E-state index contributed by atoms with van der Waals surface area (Å²) >= 11 is 1.54. The fourth-order valence-corrected chi connectivity index (χ4v) is 4.90. The van der Waals surface area contributed by atoms with Gasteiger partial charge in [-0.3, -0.25) is 9.52 Å². The minimum absolute atomic E-state index is 0.0735. The Hall–Kier alpha value is -2.39. The Labute approximate surface area is 155 Å². The van der Waals surface area contributed by atoms with Crippen molar-refractivity contribution in [2.24, 2.45) is 0 Å². The van der Waals surface area contributed by atoms with Gasteiger partial charge in [-0.05, 0) is 30.3 Å². The lowest BCUT2D eigenvalue weighted by Crippen LogP contribution is -2.15. The molecule has 0 spiro atoms. The zero-order valence-electron chi connectivity index (χ0n) is 13.8. The molecule has 2 aromatic carbocycles. The molecule has 7 nitrogen and oxygen atoms in total. The number of amides is 1. The van der Waals surface area contributed by atoms with Crippen LogP contribution in [0, 0.1) is 0 Å². The van der Waals surface area contributed by atoms with Crippen LogP contribution in [0.3, 0.4) is 0 Å². The van der Waals surface area contributed by atoms with Crippen molar-refractivity contribution in [3.05, 3.63) is 36.4 Å². The molecule has 0 saturated heterocycles. The average Bonchev–Trinajstić information content (AvgIpc) is 2.97. The smallest absolute Gasteiger partial charge is 0.261 e. The number of rotatable bonds is 3. The van der Waals surface area contributed by atoms with E-state index in [0.717, 1.165) is 4.90 Å². The molecule has 2 heterocycles. The number of ether oxygens (including phenoxy) is 2. The van der Waals surface area contributed by atoms with E-state index >= 15 is 0 Å². The topological polar surface area (TPSA) is 93.7 Å². The number of sulfonamides is 1. The van der Waals surface area contributed by atoms with E-state index in [1.807, 2.05) is 6.92 Å². The number of anilines is 2. The Morgan fingerprint density at radius 1 is 1.15 bits per heavy atom. The predicted molar refractivity (Wildman–Crippen MR) is 98.4 cm³/mol. The molecule has 2 aliphatic heterocycles. The first-order valence-electron chi connectivity index (χ1n) is 7.94. The molecule has 2 N–H and O–H groups in total. The van der Waals surface area contributed by atoms with Crippen molar-refractivity contribution in [2.75, 3.05) is 16.8 Å². The highest BCUT2D eigenvalue weighted by atomic mass is 32.2. The Morgan fingerprint density at radius 2 is 1.96 bits per heavy atom. The van der Waals surface area contributed by atoms with Crippen molar-refractivity contribution in [2.45, 2.75) is 28.4 Å². The van der Waals surface area contributed by atoms with Gasteiger partial charge in [0, 0.05) is 22.6 Å². The second-order valence-corrected chi connectivity index (χ2v) is 9.17. The lowest BCUT2D eigenvalue weighted by atomic mass is 10.3. The Bertz CT molecular complexity index is 991. The third-order valence-electron chi connectivity index (χ3n) is 3.96. The van der Waals surface area contributed by atoms with E-state index in [2.05, 4.69) is 10.0 Å². The number of fused-ring (bicyclic) bond motifs is 2. The third-order valence-corrected chi connectivity index (χ3v) is 6.52. The molecule has 0 aliphatic carbocycles. The van der Waals surface area contributed by atoms with Gasteiger partial charge in [-0.1, -0.05) is 6.92 Å². The quantitative estimate of drug-likeness (QED) is 0.834. The molecule has 1 atom stereocenters. The molecule has 0 fully saturated rings. The van der Waals surface area contributed by atoms with E-state index in [1.165, 1.54) is 12.1 Å². The SMILES string of the molecule is CC1CC(=O)Nc2cc(S(=O)(=O)Nc3ccc4c(c3)OCO4)ccc2S1. The summed E-state index contributed by atoms with van der Waals surface area (Å²) in [5.74, 6) is 0.943. The molecule has 1 unspecified atom stereocenters. The maximum atomic E-state index is 12.7. The zero-order valence-corrected chi connectivity index (χ0v) is 15.4. The van der Waals surface area contributed by atoms with Crippen molar-refractivity contribution >= 4 is 39.1 Å². The number of nitrogens with one attached hydrogen (secondary N) is 2. The summed E-state index contributed by atoms with van der Waals surface area (Å²) in [6.07, 6.45) is 0.386. The second kappa shape index (κ2) is 6.40. The lowest BCUT2D eigenvalue weighted by molar-refractivity contribution is -0.116. The molecular weight excluding hydrogens is 376 g/mol. The normalized spacial score (nSPS) is 18.7. The summed E-state index contributed by atoms with van der Waals surface area (Å²) in [6.45, 7) is 2.08. The molecule has 0 aromatic heterocycles. The van der Waals surface area contributed by atoms with Gasteiger partial charge >= 0.3 is 0 Å². The van der Waals surface area contributed by atoms with Crippen molar-refractivity contribution < 1.29 is 22.7 Å². The van der Waals surface area contributed by atoms with Crippen LogP contribution < -0.4 is 19.5 Å².